The van der Waals surface area contributed by atoms with Crippen LogP contribution in [0.15, 0.2) is 47.2 Å². The molecule has 0 spiro atoms. The molecule has 6 heteroatoms. The summed E-state index contributed by atoms with van der Waals surface area (Å²) in [5.41, 5.74) is 2.25. The zero-order valence-electron chi connectivity index (χ0n) is 13.0. The summed E-state index contributed by atoms with van der Waals surface area (Å²) >= 11 is 0. The van der Waals surface area contributed by atoms with Crippen molar-refractivity contribution in [2.24, 2.45) is 0 Å². The van der Waals surface area contributed by atoms with Crippen LogP contribution in [0, 0.1) is 0 Å². The van der Waals surface area contributed by atoms with Gasteiger partial charge in [-0.3, -0.25) is 0 Å². The first kappa shape index (κ1) is 14.1. The lowest BCUT2D eigenvalue weighted by Crippen LogP contribution is -2.18. The molecule has 2 heterocycles. The van der Waals surface area contributed by atoms with Gasteiger partial charge in [0.05, 0.1) is 12.2 Å². The monoisotopic (exact) mass is 309 g/mol. The van der Waals surface area contributed by atoms with Crippen molar-refractivity contribution in [3.63, 3.8) is 0 Å². The summed E-state index contributed by atoms with van der Waals surface area (Å²) in [7, 11) is 0. The fourth-order valence-electron chi connectivity index (χ4n) is 2.56. The van der Waals surface area contributed by atoms with Crippen LogP contribution in [-0.2, 0) is 6.54 Å². The zero-order chi connectivity index (χ0) is 15.6. The first-order chi connectivity index (χ1) is 11.3. The number of rotatable bonds is 6. The summed E-state index contributed by atoms with van der Waals surface area (Å²) < 4.78 is 7.15. The molecule has 4 rings (SSSR count). The lowest BCUT2D eigenvalue weighted by molar-refractivity contribution is 0.356. The highest BCUT2D eigenvalue weighted by Crippen LogP contribution is 2.38. The maximum Gasteiger partial charge on any atom is 0.240 e. The topological polar surface area (TPSA) is 68.8 Å². The first-order valence-corrected chi connectivity index (χ1v) is 7.95. The van der Waals surface area contributed by atoms with E-state index in [0.29, 0.717) is 18.4 Å². The SMILES string of the molecule is CC(NCc1nc(C2CC2)no1)c1cccc(-n2cccn2)c1. The smallest absolute Gasteiger partial charge is 0.240 e. The van der Waals surface area contributed by atoms with E-state index in [0.717, 1.165) is 11.5 Å². The maximum atomic E-state index is 5.30. The van der Waals surface area contributed by atoms with Gasteiger partial charge in [0, 0.05) is 24.4 Å². The minimum atomic E-state index is 0.182. The van der Waals surface area contributed by atoms with E-state index in [1.54, 1.807) is 6.20 Å². The summed E-state index contributed by atoms with van der Waals surface area (Å²) in [6, 6.07) is 10.4. The van der Waals surface area contributed by atoms with E-state index in [2.05, 4.69) is 39.6 Å². The minimum Gasteiger partial charge on any atom is -0.338 e. The Bertz CT molecular complexity index is 776. The summed E-state index contributed by atoms with van der Waals surface area (Å²) in [6.45, 7) is 2.70. The number of benzene rings is 1. The van der Waals surface area contributed by atoms with Crippen LogP contribution in [0.3, 0.4) is 0 Å². The summed E-state index contributed by atoms with van der Waals surface area (Å²) in [5, 5.41) is 11.7. The van der Waals surface area contributed by atoms with Crippen LogP contribution >= 0.6 is 0 Å². The molecule has 0 saturated heterocycles. The van der Waals surface area contributed by atoms with Gasteiger partial charge in [-0.25, -0.2) is 4.68 Å². The van der Waals surface area contributed by atoms with Crippen molar-refractivity contribution in [2.75, 3.05) is 0 Å². The van der Waals surface area contributed by atoms with Crippen molar-refractivity contribution in [1.29, 1.82) is 0 Å². The first-order valence-electron chi connectivity index (χ1n) is 7.95. The molecule has 6 nitrogen and oxygen atoms in total. The Kier molecular flexibility index (Phi) is 3.67. The number of aromatic nitrogens is 4. The van der Waals surface area contributed by atoms with Gasteiger partial charge in [-0.15, -0.1) is 0 Å². The van der Waals surface area contributed by atoms with E-state index in [9.17, 15) is 0 Å². The molecule has 1 saturated carbocycles. The Morgan fingerprint density at radius 3 is 3.04 bits per heavy atom. The van der Waals surface area contributed by atoms with Crippen LogP contribution in [0.2, 0.25) is 0 Å². The molecule has 1 atom stereocenters. The van der Waals surface area contributed by atoms with E-state index in [4.69, 9.17) is 4.52 Å². The van der Waals surface area contributed by atoms with Crippen molar-refractivity contribution in [1.82, 2.24) is 25.2 Å². The third-order valence-electron chi connectivity index (χ3n) is 4.12. The molecular weight excluding hydrogens is 290 g/mol. The van der Waals surface area contributed by atoms with Gasteiger partial charge in [0.2, 0.25) is 5.89 Å². The summed E-state index contributed by atoms with van der Waals surface area (Å²) in [5.74, 6) is 2.03. The fraction of sp³-hybridized carbons (Fsp3) is 0.353. The lowest BCUT2D eigenvalue weighted by Gasteiger charge is -2.14. The Labute approximate surface area is 134 Å². The average molecular weight is 309 g/mol. The van der Waals surface area contributed by atoms with Gasteiger partial charge in [0.15, 0.2) is 5.82 Å². The van der Waals surface area contributed by atoms with Crippen LogP contribution in [0.1, 0.15) is 49.0 Å². The largest absolute Gasteiger partial charge is 0.338 e. The molecule has 0 aliphatic heterocycles. The van der Waals surface area contributed by atoms with Gasteiger partial charge in [-0.2, -0.15) is 10.1 Å². The fourth-order valence-corrected chi connectivity index (χ4v) is 2.56. The molecule has 0 amide bonds. The molecule has 1 unspecified atom stereocenters. The molecule has 118 valence electrons. The summed E-state index contributed by atoms with van der Waals surface area (Å²) in [6.07, 6.45) is 6.09. The van der Waals surface area contributed by atoms with Crippen LogP contribution in [-0.4, -0.2) is 19.9 Å². The number of nitrogens with one attached hydrogen (secondary N) is 1. The Morgan fingerprint density at radius 2 is 2.26 bits per heavy atom. The quantitative estimate of drug-likeness (QED) is 0.758. The highest BCUT2D eigenvalue weighted by Gasteiger charge is 2.28. The Balaban J connectivity index is 1.42. The van der Waals surface area contributed by atoms with Gasteiger partial charge in [0.25, 0.3) is 0 Å². The van der Waals surface area contributed by atoms with Crippen LogP contribution in [0.5, 0.6) is 0 Å². The molecule has 3 aromatic rings. The van der Waals surface area contributed by atoms with Crippen molar-refractivity contribution in [2.45, 2.75) is 38.3 Å². The molecule has 1 N–H and O–H groups in total. The van der Waals surface area contributed by atoms with Gasteiger partial charge >= 0.3 is 0 Å². The second-order valence-electron chi connectivity index (χ2n) is 5.97. The van der Waals surface area contributed by atoms with Crippen LogP contribution in [0.4, 0.5) is 0 Å². The average Bonchev–Trinajstić information content (AvgIpc) is 3.11. The van der Waals surface area contributed by atoms with Gasteiger partial charge < -0.3 is 9.84 Å². The predicted molar refractivity (Wildman–Crippen MR) is 85.1 cm³/mol. The normalized spacial score (nSPS) is 15.7. The lowest BCUT2D eigenvalue weighted by atomic mass is 10.1. The van der Waals surface area contributed by atoms with E-state index < -0.39 is 0 Å². The minimum absolute atomic E-state index is 0.182. The Morgan fingerprint density at radius 1 is 1.35 bits per heavy atom. The highest BCUT2D eigenvalue weighted by atomic mass is 16.5. The van der Waals surface area contributed by atoms with Gasteiger partial charge in [-0.05, 0) is 43.5 Å². The van der Waals surface area contributed by atoms with Crippen LogP contribution < -0.4 is 5.32 Å². The van der Waals surface area contributed by atoms with Crippen LogP contribution in [0.25, 0.3) is 5.69 Å². The zero-order valence-corrected chi connectivity index (χ0v) is 13.0. The molecule has 2 aromatic heterocycles. The second-order valence-corrected chi connectivity index (χ2v) is 5.97. The van der Waals surface area contributed by atoms with Crippen molar-refractivity contribution >= 4 is 0 Å². The molecule has 1 aliphatic rings. The summed E-state index contributed by atoms with van der Waals surface area (Å²) in [4.78, 5) is 4.44. The molecule has 0 radical (unpaired) electrons. The molecule has 0 bridgehead atoms. The van der Waals surface area contributed by atoms with Crippen molar-refractivity contribution in [3.8, 4) is 5.69 Å². The predicted octanol–water partition coefficient (Wildman–Crippen LogP) is 2.98. The van der Waals surface area contributed by atoms with Gasteiger partial charge in [0.1, 0.15) is 0 Å². The van der Waals surface area contributed by atoms with Gasteiger partial charge in [-0.1, -0.05) is 17.3 Å². The van der Waals surface area contributed by atoms with Crippen molar-refractivity contribution < 1.29 is 4.52 Å². The van der Waals surface area contributed by atoms with E-state index in [-0.39, 0.29) is 6.04 Å². The number of hydrogen-bond donors (Lipinski definition) is 1. The molecule has 1 aromatic carbocycles. The highest BCUT2D eigenvalue weighted by molar-refractivity contribution is 5.36. The van der Waals surface area contributed by atoms with E-state index in [1.165, 1.54) is 18.4 Å². The molecule has 1 fully saturated rings. The standard InChI is InChI=1S/C17H19N5O/c1-12(18-11-16-20-17(21-23-16)13-6-7-13)14-4-2-5-15(10-14)22-9-3-8-19-22/h2-5,8-10,12-13,18H,6-7,11H2,1H3. The second kappa shape index (κ2) is 5.96. The number of nitrogens with zero attached hydrogens (tertiary/aromatic N) is 4. The molecule has 23 heavy (non-hydrogen) atoms. The molecular formula is C17H19N5O. The third-order valence-corrected chi connectivity index (χ3v) is 4.12. The number of hydrogen-bond acceptors (Lipinski definition) is 5. The maximum absolute atomic E-state index is 5.30. The Hall–Kier alpha value is -2.47. The third kappa shape index (κ3) is 3.17. The van der Waals surface area contributed by atoms with Crippen molar-refractivity contribution in [3.05, 3.63) is 60.0 Å². The molecule has 1 aliphatic carbocycles. The van der Waals surface area contributed by atoms with E-state index >= 15 is 0 Å². The van der Waals surface area contributed by atoms with E-state index in [1.807, 2.05) is 29.1 Å².